The van der Waals surface area contributed by atoms with Crippen LogP contribution in [0.25, 0.3) is 11.1 Å². The Morgan fingerprint density at radius 1 is 0.778 bits per heavy atom. The van der Waals surface area contributed by atoms with Gasteiger partial charge in [0.1, 0.15) is 0 Å². The third-order valence-corrected chi connectivity index (χ3v) is 6.52. The predicted octanol–water partition coefficient (Wildman–Crippen LogP) is 3.57. The van der Waals surface area contributed by atoms with Crippen LogP contribution in [0.1, 0.15) is 27.8 Å². The quantitative estimate of drug-likeness (QED) is 0.702. The lowest BCUT2D eigenvalue weighted by Gasteiger charge is -2.18. The van der Waals surface area contributed by atoms with Gasteiger partial charge >= 0.3 is 0 Å². The summed E-state index contributed by atoms with van der Waals surface area (Å²) >= 11 is 0. The zero-order valence-electron chi connectivity index (χ0n) is 16.2. The number of sulfonamides is 1. The van der Waals surface area contributed by atoms with Crippen LogP contribution in [0.3, 0.4) is 0 Å². The molecule has 1 heterocycles. The maximum atomic E-state index is 12.0. The summed E-state index contributed by atoms with van der Waals surface area (Å²) in [4.78, 5) is 0.255. The molecule has 0 radical (unpaired) electrons. The lowest BCUT2D eigenvalue weighted by molar-refractivity contribution is -0.688. The first kappa shape index (κ1) is 19.3. The topological polar surface area (TPSA) is 64.0 Å². The van der Waals surface area contributed by atoms with Gasteiger partial charge in [0.05, 0.1) is 4.90 Å². The van der Waals surface area contributed by atoms with Crippen molar-refractivity contribution in [3.05, 3.63) is 82.7 Å². The van der Waals surface area contributed by atoms with Crippen molar-refractivity contribution < 1.29 is 13.0 Å². The summed E-state index contributed by atoms with van der Waals surface area (Å²) in [7, 11) is -3.74. The van der Waals surface area contributed by atoms with E-state index < -0.39 is 10.0 Å². The second-order valence-corrected chi connectivity index (χ2v) is 8.48. The van der Waals surface area contributed by atoms with Gasteiger partial charge in [0, 0.05) is 17.7 Å². The fraction of sp³-hybridized carbons (Fsp3) is 0.227. The number of rotatable bonds is 4. The van der Waals surface area contributed by atoms with E-state index in [9.17, 15) is 8.42 Å². The Morgan fingerprint density at radius 3 is 1.74 bits per heavy atom. The zero-order valence-corrected chi connectivity index (χ0v) is 17.0. The predicted molar refractivity (Wildman–Crippen MR) is 108 cm³/mol. The van der Waals surface area contributed by atoms with E-state index in [0.29, 0.717) is 6.54 Å². The first-order valence-corrected chi connectivity index (χ1v) is 10.4. The van der Waals surface area contributed by atoms with Crippen molar-refractivity contribution in [1.82, 2.24) is 0 Å². The van der Waals surface area contributed by atoms with Gasteiger partial charge in [-0.05, 0) is 61.1 Å². The number of pyridine rings is 1. The summed E-state index contributed by atoms with van der Waals surface area (Å²) in [5.41, 5.74) is 6.89. The van der Waals surface area contributed by atoms with Crippen molar-refractivity contribution in [2.24, 2.45) is 5.14 Å². The van der Waals surface area contributed by atoms with Crippen LogP contribution >= 0.6 is 0 Å². The van der Waals surface area contributed by atoms with Gasteiger partial charge in [-0.25, -0.2) is 18.1 Å². The number of benzene rings is 2. The largest absolute Gasteiger partial charge is 0.238 e. The summed E-state index contributed by atoms with van der Waals surface area (Å²) in [6.07, 6.45) is 4.11. The van der Waals surface area contributed by atoms with Crippen molar-refractivity contribution in [1.29, 1.82) is 0 Å². The Labute approximate surface area is 161 Å². The summed E-state index contributed by atoms with van der Waals surface area (Å²) in [5.74, 6) is 0. The molecule has 2 aromatic carbocycles. The first-order chi connectivity index (χ1) is 12.7. The second kappa shape index (κ2) is 7.25. The highest BCUT2D eigenvalue weighted by Gasteiger charge is 2.23. The SMILES string of the molecule is Cc1c(C)c(S(N)(=O)=O)c(C)c(C)c1C[n+]1ccc(-c2ccccc2)cc1. The minimum absolute atomic E-state index is 0.255. The highest BCUT2D eigenvalue weighted by atomic mass is 32.2. The second-order valence-electron chi connectivity index (χ2n) is 6.98. The van der Waals surface area contributed by atoms with Gasteiger partial charge in [-0.1, -0.05) is 30.3 Å². The van der Waals surface area contributed by atoms with Crippen molar-refractivity contribution in [3.8, 4) is 11.1 Å². The molecule has 3 aromatic rings. The van der Waals surface area contributed by atoms with Gasteiger partial charge in [-0.3, -0.25) is 0 Å². The standard InChI is InChI=1S/C22H25N2O2S/c1-15-17(3)22(27(23,25)26)18(4)16(2)21(15)14-24-12-10-20(11-13-24)19-8-6-5-7-9-19/h5-13H,14H2,1-4H3,(H2,23,25,26)/q+1. The van der Waals surface area contributed by atoms with Gasteiger partial charge in [0.2, 0.25) is 10.0 Å². The molecule has 140 valence electrons. The summed E-state index contributed by atoms with van der Waals surface area (Å²) in [5, 5.41) is 5.44. The molecule has 0 atom stereocenters. The Hall–Kier alpha value is -2.50. The van der Waals surface area contributed by atoms with E-state index in [1.165, 1.54) is 5.56 Å². The van der Waals surface area contributed by atoms with E-state index in [2.05, 4.69) is 41.2 Å². The molecule has 0 aliphatic carbocycles. The highest BCUT2D eigenvalue weighted by Crippen LogP contribution is 2.29. The number of nitrogens with zero attached hydrogens (tertiary/aromatic N) is 1. The summed E-state index contributed by atoms with van der Waals surface area (Å²) in [6.45, 7) is 8.26. The number of aromatic nitrogens is 1. The van der Waals surface area contributed by atoms with Gasteiger partial charge in [-0.2, -0.15) is 0 Å². The van der Waals surface area contributed by atoms with E-state index in [1.807, 2.05) is 45.9 Å². The van der Waals surface area contributed by atoms with Crippen LogP contribution in [0.4, 0.5) is 0 Å². The Balaban J connectivity index is 1.99. The minimum atomic E-state index is -3.74. The normalized spacial score (nSPS) is 11.6. The van der Waals surface area contributed by atoms with Gasteiger partial charge < -0.3 is 0 Å². The average molecular weight is 382 g/mol. The maximum absolute atomic E-state index is 12.0. The fourth-order valence-corrected chi connectivity index (χ4v) is 4.75. The van der Waals surface area contributed by atoms with Crippen molar-refractivity contribution in [3.63, 3.8) is 0 Å². The lowest BCUT2D eigenvalue weighted by Crippen LogP contribution is -2.34. The lowest BCUT2D eigenvalue weighted by atomic mass is 9.94. The molecule has 5 heteroatoms. The van der Waals surface area contributed by atoms with E-state index >= 15 is 0 Å². The van der Waals surface area contributed by atoms with Crippen molar-refractivity contribution >= 4 is 10.0 Å². The van der Waals surface area contributed by atoms with Crippen LogP contribution in [0.15, 0.2) is 59.8 Å². The first-order valence-electron chi connectivity index (χ1n) is 8.86. The molecule has 0 saturated carbocycles. The molecule has 3 rings (SSSR count). The molecule has 0 fully saturated rings. The van der Waals surface area contributed by atoms with Gasteiger partial charge in [0.15, 0.2) is 18.9 Å². The third kappa shape index (κ3) is 3.80. The summed E-state index contributed by atoms with van der Waals surface area (Å²) in [6, 6.07) is 14.4. The molecule has 0 saturated heterocycles. The molecule has 0 aliphatic rings. The molecule has 0 unspecified atom stereocenters. The minimum Gasteiger partial charge on any atom is -0.225 e. The molecule has 2 N–H and O–H groups in total. The average Bonchev–Trinajstić information content (AvgIpc) is 2.64. The molecule has 1 aromatic heterocycles. The van der Waals surface area contributed by atoms with E-state index in [-0.39, 0.29) is 4.90 Å². The van der Waals surface area contributed by atoms with Crippen molar-refractivity contribution in [2.45, 2.75) is 39.1 Å². The van der Waals surface area contributed by atoms with Crippen LogP contribution in [0.2, 0.25) is 0 Å². The number of primary sulfonamides is 1. The fourth-order valence-electron chi connectivity index (χ4n) is 3.59. The maximum Gasteiger partial charge on any atom is 0.238 e. The highest BCUT2D eigenvalue weighted by molar-refractivity contribution is 7.89. The number of hydrogen-bond donors (Lipinski definition) is 1. The van der Waals surface area contributed by atoms with Crippen LogP contribution in [0, 0.1) is 27.7 Å². The van der Waals surface area contributed by atoms with E-state index in [0.717, 1.165) is 33.4 Å². The van der Waals surface area contributed by atoms with Crippen molar-refractivity contribution in [2.75, 3.05) is 0 Å². The molecule has 4 nitrogen and oxygen atoms in total. The van der Waals surface area contributed by atoms with Crippen LogP contribution < -0.4 is 9.71 Å². The Bertz CT molecular complexity index is 1060. The zero-order chi connectivity index (χ0) is 19.8. The number of nitrogens with two attached hydrogens (primary N) is 1. The van der Waals surface area contributed by atoms with Crippen LogP contribution in [0.5, 0.6) is 0 Å². The molecule has 0 spiro atoms. The molecular weight excluding hydrogens is 356 g/mol. The van der Waals surface area contributed by atoms with Crippen LogP contribution in [-0.2, 0) is 16.6 Å². The molecule has 27 heavy (non-hydrogen) atoms. The Morgan fingerprint density at radius 2 is 1.26 bits per heavy atom. The van der Waals surface area contributed by atoms with Gasteiger partial charge in [0.25, 0.3) is 0 Å². The molecule has 0 bridgehead atoms. The number of hydrogen-bond acceptors (Lipinski definition) is 2. The Kier molecular flexibility index (Phi) is 5.18. The third-order valence-electron chi connectivity index (χ3n) is 5.33. The smallest absolute Gasteiger partial charge is 0.225 e. The van der Waals surface area contributed by atoms with Crippen LogP contribution in [-0.4, -0.2) is 8.42 Å². The summed E-state index contributed by atoms with van der Waals surface area (Å²) < 4.78 is 26.1. The molecule has 0 amide bonds. The van der Waals surface area contributed by atoms with E-state index in [1.54, 1.807) is 0 Å². The van der Waals surface area contributed by atoms with E-state index in [4.69, 9.17) is 5.14 Å². The molecule has 0 aliphatic heterocycles. The van der Waals surface area contributed by atoms with Gasteiger partial charge in [-0.15, -0.1) is 0 Å². The molecular formula is C22H25N2O2S+. The monoisotopic (exact) mass is 381 g/mol.